The second-order valence-electron chi connectivity index (χ2n) is 6.44. The summed E-state index contributed by atoms with van der Waals surface area (Å²) in [6.07, 6.45) is -1.99. The molecule has 0 aliphatic heterocycles. The van der Waals surface area contributed by atoms with Gasteiger partial charge in [-0.05, 0) is 62.4 Å². The third-order valence-electron chi connectivity index (χ3n) is 4.44. The monoisotopic (exact) mass is 396 g/mol. The first-order valence-corrected chi connectivity index (χ1v) is 9.12. The van der Waals surface area contributed by atoms with Crippen LogP contribution in [0.2, 0.25) is 0 Å². The Kier molecular flexibility index (Phi) is 6.26. The van der Waals surface area contributed by atoms with Crippen molar-refractivity contribution < 1.29 is 19.7 Å². The molecule has 3 aromatic rings. The molecule has 8 heteroatoms. The first-order chi connectivity index (χ1) is 13.9. The van der Waals surface area contributed by atoms with Crippen molar-refractivity contribution in [3.8, 4) is 34.0 Å². The number of anilines is 1. The molecular weight excluding hydrogens is 372 g/mol. The van der Waals surface area contributed by atoms with Crippen LogP contribution in [0.5, 0.6) is 11.5 Å². The van der Waals surface area contributed by atoms with Gasteiger partial charge in [0.15, 0.2) is 0 Å². The molecular formula is C21H24N4O4. The second-order valence-corrected chi connectivity index (χ2v) is 6.44. The molecule has 0 fully saturated rings. The molecule has 0 radical (unpaired) electrons. The number of aromatic nitrogens is 3. The Morgan fingerprint density at radius 2 is 1.17 bits per heavy atom. The molecule has 0 amide bonds. The topological polar surface area (TPSA) is 101 Å². The number of aliphatic hydroxyl groups excluding tert-OH is 2. The van der Waals surface area contributed by atoms with E-state index in [0.29, 0.717) is 11.4 Å². The van der Waals surface area contributed by atoms with Crippen molar-refractivity contribution in [3.63, 3.8) is 0 Å². The summed E-state index contributed by atoms with van der Waals surface area (Å²) in [5.74, 6) is 1.57. The zero-order valence-corrected chi connectivity index (χ0v) is 16.8. The van der Waals surface area contributed by atoms with Crippen LogP contribution in [0.4, 0.5) is 5.95 Å². The van der Waals surface area contributed by atoms with Crippen LogP contribution in [0.15, 0.2) is 48.5 Å². The first-order valence-electron chi connectivity index (χ1n) is 9.12. The lowest BCUT2D eigenvalue weighted by Crippen LogP contribution is -2.41. The van der Waals surface area contributed by atoms with Gasteiger partial charge in [0.25, 0.3) is 0 Å². The highest BCUT2D eigenvalue weighted by atomic mass is 16.5. The van der Waals surface area contributed by atoms with Gasteiger partial charge in [0.1, 0.15) is 35.3 Å². The van der Waals surface area contributed by atoms with E-state index in [1.165, 1.54) is 18.7 Å². The van der Waals surface area contributed by atoms with E-state index in [4.69, 9.17) is 9.47 Å². The van der Waals surface area contributed by atoms with Crippen LogP contribution < -0.4 is 14.4 Å². The smallest absolute Gasteiger partial charge is 0.250 e. The zero-order chi connectivity index (χ0) is 21.0. The Balaban J connectivity index is 2.16. The largest absolute Gasteiger partial charge is 0.497 e. The van der Waals surface area contributed by atoms with E-state index in [1.54, 1.807) is 14.2 Å². The lowest BCUT2D eigenvalue weighted by Gasteiger charge is -2.28. The van der Waals surface area contributed by atoms with Crippen LogP contribution in [0, 0.1) is 0 Å². The Bertz CT molecular complexity index is 936. The Labute approximate surface area is 169 Å². The van der Waals surface area contributed by atoms with E-state index >= 15 is 0 Å². The molecule has 0 bridgehead atoms. The number of hydrogen-bond donors (Lipinski definition) is 2. The molecule has 0 saturated carbocycles. The fourth-order valence-electron chi connectivity index (χ4n) is 2.97. The lowest BCUT2D eigenvalue weighted by atomic mass is 10.0. The van der Waals surface area contributed by atoms with Crippen molar-refractivity contribution in [1.82, 2.24) is 15.2 Å². The van der Waals surface area contributed by atoms with E-state index < -0.39 is 12.5 Å². The number of rotatable bonds is 7. The number of ether oxygens (including phenoxy) is 2. The molecule has 2 aromatic carbocycles. The molecule has 1 aromatic heterocycles. The summed E-state index contributed by atoms with van der Waals surface area (Å²) in [6.45, 7) is 3.06. The van der Waals surface area contributed by atoms with E-state index in [-0.39, 0.29) is 5.95 Å². The van der Waals surface area contributed by atoms with Gasteiger partial charge in [-0.25, -0.2) is 4.98 Å². The van der Waals surface area contributed by atoms with E-state index in [1.807, 2.05) is 48.5 Å². The molecule has 0 aliphatic carbocycles. The zero-order valence-electron chi connectivity index (χ0n) is 16.8. The molecule has 29 heavy (non-hydrogen) atoms. The average Bonchev–Trinajstić information content (AvgIpc) is 2.73. The predicted molar refractivity (Wildman–Crippen MR) is 110 cm³/mol. The predicted octanol–water partition coefficient (Wildman–Crippen LogP) is 2.71. The molecule has 8 nitrogen and oxygen atoms in total. The summed E-state index contributed by atoms with van der Waals surface area (Å²) in [7, 11) is 3.21. The normalized spacial score (nSPS) is 12.9. The van der Waals surface area contributed by atoms with Gasteiger partial charge in [0.05, 0.1) is 14.2 Å². The number of benzene rings is 2. The van der Waals surface area contributed by atoms with Crippen LogP contribution in [-0.2, 0) is 0 Å². The minimum Gasteiger partial charge on any atom is -0.497 e. The maximum atomic E-state index is 10.0. The summed E-state index contributed by atoms with van der Waals surface area (Å²) in [5, 5.41) is 28.6. The number of methoxy groups -OCH3 is 2. The quantitative estimate of drug-likeness (QED) is 0.588. The van der Waals surface area contributed by atoms with E-state index in [0.717, 1.165) is 22.6 Å². The van der Waals surface area contributed by atoms with Gasteiger partial charge < -0.3 is 19.7 Å². The molecule has 2 N–H and O–H groups in total. The van der Waals surface area contributed by atoms with E-state index in [2.05, 4.69) is 15.2 Å². The van der Waals surface area contributed by atoms with Gasteiger partial charge >= 0.3 is 0 Å². The van der Waals surface area contributed by atoms with Crippen molar-refractivity contribution in [2.45, 2.75) is 26.3 Å². The highest BCUT2D eigenvalue weighted by molar-refractivity contribution is 5.78. The Hall–Kier alpha value is -3.23. The fraction of sp³-hybridized carbons (Fsp3) is 0.286. The van der Waals surface area contributed by atoms with Gasteiger partial charge in [0.2, 0.25) is 5.95 Å². The highest BCUT2D eigenvalue weighted by Crippen LogP contribution is 2.32. The average molecular weight is 396 g/mol. The van der Waals surface area contributed by atoms with Crippen molar-refractivity contribution in [2.24, 2.45) is 0 Å². The standard InChI is InChI=1S/C21H24N4O4/c1-13(26)25(14(2)27)21-22-19(15-5-9-17(28-3)10-6-15)20(23-24-21)16-7-11-18(29-4)12-8-16/h5-14,26-27H,1-4H3. The van der Waals surface area contributed by atoms with Crippen LogP contribution in [0.1, 0.15) is 13.8 Å². The van der Waals surface area contributed by atoms with Gasteiger partial charge in [-0.2, -0.15) is 0 Å². The number of nitrogens with zero attached hydrogens (tertiary/aromatic N) is 4. The summed E-state index contributed by atoms with van der Waals surface area (Å²) in [4.78, 5) is 5.90. The van der Waals surface area contributed by atoms with Crippen LogP contribution >= 0.6 is 0 Å². The van der Waals surface area contributed by atoms with Crippen LogP contribution in [0.3, 0.4) is 0 Å². The van der Waals surface area contributed by atoms with Crippen molar-refractivity contribution in [1.29, 1.82) is 0 Å². The van der Waals surface area contributed by atoms with Crippen molar-refractivity contribution >= 4 is 5.95 Å². The molecule has 2 atom stereocenters. The summed E-state index contributed by atoms with van der Waals surface area (Å²) in [6, 6.07) is 14.8. The van der Waals surface area contributed by atoms with Crippen molar-refractivity contribution in [3.05, 3.63) is 48.5 Å². The molecule has 2 unspecified atom stereocenters. The fourth-order valence-corrected chi connectivity index (χ4v) is 2.97. The summed E-state index contributed by atoms with van der Waals surface area (Å²) >= 11 is 0. The molecule has 0 aliphatic rings. The maximum Gasteiger partial charge on any atom is 0.250 e. The minimum atomic E-state index is -0.993. The van der Waals surface area contributed by atoms with Crippen molar-refractivity contribution in [2.75, 3.05) is 19.1 Å². The van der Waals surface area contributed by atoms with Crippen LogP contribution in [0.25, 0.3) is 22.5 Å². The molecule has 1 heterocycles. The Morgan fingerprint density at radius 1 is 0.724 bits per heavy atom. The number of hydrogen-bond acceptors (Lipinski definition) is 8. The maximum absolute atomic E-state index is 10.0. The van der Waals surface area contributed by atoms with Gasteiger partial charge in [-0.3, -0.25) is 4.90 Å². The van der Waals surface area contributed by atoms with E-state index in [9.17, 15) is 10.2 Å². The summed E-state index contributed by atoms with van der Waals surface area (Å²) in [5.41, 5.74) is 2.74. The van der Waals surface area contributed by atoms with Gasteiger partial charge in [0, 0.05) is 11.1 Å². The first kappa shape index (κ1) is 20.5. The third-order valence-corrected chi connectivity index (χ3v) is 4.44. The van der Waals surface area contributed by atoms with Gasteiger partial charge in [-0.15, -0.1) is 10.2 Å². The molecule has 0 spiro atoms. The minimum absolute atomic E-state index is 0.123. The summed E-state index contributed by atoms with van der Waals surface area (Å²) < 4.78 is 10.5. The number of aliphatic hydroxyl groups is 2. The highest BCUT2D eigenvalue weighted by Gasteiger charge is 2.23. The molecule has 3 rings (SSSR count). The Morgan fingerprint density at radius 3 is 1.59 bits per heavy atom. The van der Waals surface area contributed by atoms with Crippen LogP contribution in [-0.4, -0.2) is 52.1 Å². The SMILES string of the molecule is COc1ccc(-c2nnc(N(C(C)O)C(C)O)nc2-c2ccc(OC)cc2)cc1. The molecule has 152 valence electrons. The molecule has 0 saturated heterocycles. The second kappa shape index (κ2) is 8.85. The lowest BCUT2D eigenvalue weighted by molar-refractivity contribution is 0.102. The van der Waals surface area contributed by atoms with Gasteiger partial charge in [-0.1, -0.05) is 0 Å². The third kappa shape index (κ3) is 4.44.